The van der Waals surface area contributed by atoms with Crippen molar-refractivity contribution in [2.45, 2.75) is 29.5 Å². The van der Waals surface area contributed by atoms with Gasteiger partial charge in [-0.3, -0.25) is 24.1 Å². The molecule has 0 radical (unpaired) electrons. The maximum absolute atomic E-state index is 14.2. The summed E-state index contributed by atoms with van der Waals surface area (Å²) in [7, 11) is 0. The molecule has 3 heterocycles. The Morgan fingerprint density at radius 3 is 2.44 bits per heavy atom. The number of thioether (sulfide) groups is 1. The SMILES string of the molecule is CCOC(=O)c1ccc(N2C(=O)C3C4CC(C3C2=O)C2C4Sc3[nH]c(=O)sc3[C@@H]2c2ccccc2OCC(=O)Nc2ccc(Cl)c(Cl)c2)cc1. The van der Waals surface area contributed by atoms with E-state index in [0.29, 0.717) is 32.7 Å². The molecule has 2 bridgehead atoms. The second kappa shape index (κ2) is 12.9. The quantitative estimate of drug-likeness (QED) is 0.152. The van der Waals surface area contributed by atoms with E-state index in [2.05, 4.69) is 10.3 Å². The van der Waals surface area contributed by atoms with Crippen LogP contribution in [0.25, 0.3) is 0 Å². The van der Waals surface area contributed by atoms with E-state index in [1.807, 2.05) is 18.2 Å². The Labute approximate surface area is 304 Å². The van der Waals surface area contributed by atoms with Crippen LogP contribution in [0.3, 0.4) is 0 Å². The lowest BCUT2D eigenvalue weighted by atomic mass is 9.68. The van der Waals surface area contributed by atoms with Crippen molar-refractivity contribution in [1.29, 1.82) is 0 Å². The van der Waals surface area contributed by atoms with Gasteiger partial charge in [-0.05, 0) is 79.6 Å². The molecule has 1 saturated heterocycles. The fourth-order valence-electron chi connectivity index (χ4n) is 8.36. The Morgan fingerprint density at radius 1 is 0.960 bits per heavy atom. The van der Waals surface area contributed by atoms with E-state index < -0.39 is 23.7 Å². The van der Waals surface area contributed by atoms with Crippen molar-refractivity contribution in [2.75, 3.05) is 23.4 Å². The average molecular weight is 751 g/mol. The van der Waals surface area contributed by atoms with Gasteiger partial charge in [-0.1, -0.05) is 52.7 Å². The van der Waals surface area contributed by atoms with Gasteiger partial charge in [0, 0.05) is 27.3 Å². The lowest BCUT2D eigenvalue weighted by Crippen LogP contribution is -2.42. The molecule has 2 N–H and O–H groups in total. The number of hydrogen-bond donors (Lipinski definition) is 2. The molecule has 4 aliphatic rings. The molecule has 1 aromatic heterocycles. The maximum atomic E-state index is 14.2. The molecule has 4 aromatic rings. The Hall–Kier alpha value is -4.10. The van der Waals surface area contributed by atoms with Crippen molar-refractivity contribution >= 4 is 81.4 Å². The Kier molecular flexibility index (Phi) is 8.53. The van der Waals surface area contributed by atoms with Gasteiger partial charge in [0.05, 0.1) is 44.8 Å². The topological polar surface area (TPSA) is 135 Å². The molecule has 8 rings (SSSR count). The number of aromatic amines is 1. The van der Waals surface area contributed by atoms with Gasteiger partial charge < -0.3 is 19.8 Å². The van der Waals surface area contributed by atoms with Gasteiger partial charge in [0.2, 0.25) is 11.8 Å². The molecular formula is C36H29Cl2N3O7S2. The van der Waals surface area contributed by atoms with Crippen LogP contribution in [-0.4, -0.2) is 47.1 Å². The number of para-hydroxylation sites is 1. The molecule has 3 amide bonds. The van der Waals surface area contributed by atoms with E-state index >= 15 is 0 Å². The van der Waals surface area contributed by atoms with E-state index in [-0.39, 0.29) is 58.8 Å². The minimum atomic E-state index is -0.510. The molecular weight excluding hydrogens is 721 g/mol. The summed E-state index contributed by atoms with van der Waals surface area (Å²) in [5.74, 6) is -2.39. The van der Waals surface area contributed by atoms with Crippen molar-refractivity contribution in [3.63, 3.8) is 0 Å². The number of aromatic nitrogens is 1. The zero-order valence-corrected chi connectivity index (χ0v) is 29.5. The molecule has 10 nitrogen and oxygen atoms in total. The number of amides is 3. The molecule has 3 fully saturated rings. The summed E-state index contributed by atoms with van der Waals surface area (Å²) in [6.07, 6.45) is 0.718. The molecule has 2 saturated carbocycles. The highest BCUT2D eigenvalue weighted by Crippen LogP contribution is 2.69. The third kappa shape index (κ3) is 5.44. The van der Waals surface area contributed by atoms with Gasteiger partial charge in [0.25, 0.3) is 5.91 Å². The molecule has 3 aromatic carbocycles. The van der Waals surface area contributed by atoms with Crippen molar-refractivity contribution in [3.05, 3.63) is 102 Å². The van der Waals surface area contributed by atoms with Gasteiger partial charge in [0.1, 0.15) is 5.75 Å². The highest BCUT2D eigenvalue weighted by molar-refractivity contribution is 8.00. The number of H-pyrrole nitrogens is 1. The van der Waals surface area contributed by atoms with Gasteiger partial charge in [-0.2, -0.15) is 0 Å². The Bertz CT molecular complexity index is 2120. The molecule has 6 unspecified atom stereocenters. The number of nitrogens with zero attached hydrogens (tertiary/aromatic N) is 1. The van der Waals surface area contributed by atoms with Crippen LogP contribution >= 0.6 is 46.3 Å². The van der Waals surface area contributed by atoms with Crippen LogP contribution in [0.5, 0.6) is 5.75 Å². The number of halogens is 2. The van der Waals surface area contributed by atoms with Crippen molar-refractivity contribution in [3.8, 4) is 5.75 Å². The van der Waals surface area contributed by atoms with Crippen LogP contribution < -0.4 is 19.8 Å². The van der Waals surface area contributed by atoms with Crippen LogP contribution in [-0.2, 0) is 19.1 Å². The Balaban J connectivity index is 1.09. The summed E-state index contributed by atoms with van der Waals surface area (Å²) in [5, 5.41) is 4.20. The van der Waals surface area contributed by atoms with E-state index in [4.69, 9.17) is 32.7 Å². The van der Waals surface area contributed by atoms with E-state index in [1.54, 1.807) is 67.2 Å². The number of nitrogens with one attached hydrogen (secondary N) is 2. The first kappa shape index (κ1) is 33.1. The molecule has 14 heteroatoms. The van der Waals surface area contributed by atoms with Gasteiger partial charge in [0.15, 0.2) is 6.61 Å². The first-order chi connectivity index (χ1) is 24.1. The first-order valence-electron chi connectivity index (χ1n) is 16.2. The van der Waals surface area contributed by atoms with Crippen LogP contribution in [0.2, 0.25) is 10.0 Å². The fraction of sp³-hybridized carbons (Fsp3) is 0.306. The summed E-state index contributed by atoms with van der Waals surface area (Å²) >= 11 is 14.9. The van der Waals surface area contributed by atoms with Crippen molar-refractivity contribution < 1.29 is 28.7 Å². The highest BCUT2D eigenvalue weighted by atomic mass is 35.5. The second-order valence-corrected chi connectivity index (χ2v) is 15.8. The minimum absolute atomic E-state index is 0.0297. The number of imide groups is 1. The van der Waals surface area contributed by atoms with Gasteiger partial charge in [-0.15, -0.1) is 11.8 Å². The number of carbonyl (C=O) groups is 4. The molecule has 2 aliphatic heterocycles. The van der Waals surface area contributed by atoms with E-state index in [9.17, 15) is 24.0 Å². The standard InChI is InChI=1S/C36H29Cl2N3O7S2/c1-2-47-35(45)16-7-10-18(11-8-16)41-33(43)28-20-14-21(29(28)34(41)44)30-27(20)26(31-32(49-30)40-36(46)50-31)19-5-3-4-6-24(19)48-15-25(42)39-17-9-12-22(37)23(38)13-17/h3-13,20-21,26-30H,2,14-15H2,1H3,(H,39,42)(H,40,46)/t20?,21?,26-,27?,28?,29?,30?/m1/s1. The number of thiazole rings is 1. The minimum Gasteiger partial charge on any atom is -0.483 e. The maximum Gasteiger partial charge on any atom is 0.338 e. The summed E-state index contributed by atoms with van der Waals surface area (Å²) in [5.41, 5.74) is 2.06. The number of esters is 1. The third-order valence-electron chi connectivity index (χ3n) is 10.2. The molecule has 2 aliphatic carbocycles. The predicted octanol–water partition coefficient (Wildman–Crippen LogP) is 6.62. The van der Waals surface area contributed by atoms with Crippen LogP contribution in [0, 0.1) is 29.6 Å². The molecule has 256 valence electrons. The molecule has 0 spiro atoms. The normalized spacial score (nSPS) is 26.0. The number of benzene rings is 3. The summed E-state index contributed by atoms with van der Waals surface area (Å²) < 4.78 is 11.2. The van der Waals surface area contributed by atoms with E-state index in [0.717, 1.165) is 33.2 Å². The monoisotopic (exact) mass is 749 g/mol. The number of ether oxygens (including phenoxy) is 2. The first-order valence-corrected chi connectivity index (χ1v) is 18.6. The predicted molar refractivity (Wildman–Crippen MR) is 190 cm³/mol. The lowest BCUT2D eigenvalue weighted by molar-refractivity contribution is -0.123. The van der Waals surface area contributed by atoms with Crippen LogP contribution in [0.4, 0.5) is 11.4 Å². The van der Waals surface area contributed by atoms with Gasteiger partial charge >= 0.3 is 10.8 Å². The van der Waals surface area contributed by atoms with Crippen molar-refractivity contribution in [1.82, 2.24) is 4.98 Å². The highest BCUT2D eigenvalue weighted by Gasteiger charge is 2.69. The van der Waals surface area contributed by atoms with Gasteiger partial charge in [-0.25, -0.2) is 4.79 Å². The lowest BCUT2D eigenvalue weighted by Gasteiger charge is -2.43. The molecule has 50 heavy (non-hydrogen) atoms. The summed E-state index contributed by atoms with van der Waals surface area (Å²) in [4.78, 5) is 71.1. The number of rotatable bonds is 8. The largest absolute Gasteiger partial charge is 0.483 e. The summed E-state index contributed by atoms with van der Waals surface area (Å²) in [6, 6.07) is 18.6. The summed E-state index contributed by atoms with van der Waals surface area (Å²) in [6.45, 7) is 1.68. The van der Waals surface area contributed by atoms with Crippen LogP contribution in [0.1, 0.15) is 40.1 Å². The number of hydrogen-bond acceptors (Lipinski definition) is 9. The third-order valence-corrected chi connectivity index (χ3v) is 13.5. The molecule has 7 atom stereocenters. The fourth-order valence-corrected chi connectivity index (χ4v) is 11.5. The Morgan fingerprint density at radius 2 is 1.70 bits per heavy atom. The van der Waals surface area contributed by atoms with E-state index in [1.165, 1.54) is 4.90 Å². The second-order valence-electron chi connectivity index (χ2n) is 12.7. The number of carbonyl (C=O) groups excluding carboxylic acids is 4. The number of fused-ring (bicyclic) bond motifs is 9. The zero-order valence-electron chi connectivity index (χ0n) is 26.4. The van der Waals surface area contributed by atoms with Crippen molar-refractivity contribution in [2.24, 2.45) is 29.6 Å². The van der Waals surface area contributed by atoms with Crippen LogP contribution in [0.15, 0.2) is 76.6 Å². The smallest absolute Gasteiger partial charge is 0.338 e. The number of anilines is 2. The zero-order chi connectivity index (χ0) is 34.8. The average Bonchev–Trinajstić information content (AvgIpc) is 3.84.